The molecule has 0 amide bonds. The lowest BCUT2D eigenvalue weighted by Crippen LogP contribution is -2.30. The summed E-state index contributed by atoms with van der Waals surface area (Å²) < 4.78 is 16.9. The van der Waals surface area contributed by atoms with Gasteiger partial charge < -0.3 is 14.2 Å². The van der Waals surface area contributed by atoms with Gasteiger partial charge in [-0.2, -0.15) is 0 Å². The van der Waals surface area contributed by atoms with Gasteiger partial charge in [0.1, 0.15) is 13.2 Å². The Morgan fingerprint density at radius 1 is 0.313 bits per heavy atom. The van der Waals surface area contributed by atoms with E-state index in [0.29, 0.717) is 19.3 Å². The topological polar surface area (TPSA) is 78.9 Å². The summed E-state index contributed by atoms with van der Waals surface area (Å²) in [5, 5.41) is 0. The molecule has 0 heterocycles. The van der Waals surface area contributed by atoms with Crippen LogP contribution >= 0.6 is 0 Å². The lowest BCUT2D eigenvalue weighted by molar-refractivity contribution is -0.167. The third-order valence-corrected chi connectivity index (χ3v) is 12.8. The summed E-state index contributed by atoms with van der Waals surface area (Å²) in [5.74, 6) is -0.887. The van der Waals surface area contributed by atoms with E-state index in [0.717, 1.165) is 89.9 Å². The molecule has 0 aromatic heterocycles. The predicted octanol–water partition coefficient (Wildman–Crippen LogP) is 19.4. The van der Waals surface area contributed by atoms with Crippen molar-refractivity contribution >= 4 is 17.9 Å². The quantitative estimate of drug-likeness (QED) is 0.0262. The third kappa shape index (κ3) is 54.2. The van der Waals surface area contributed by atoms with Crippen LogP contribution in [0, 0.1) is 0 Å². The van der Waals surface area contributed by atoms with Crippen molar-refractivity contribution in [2.45, 2.75) is 309 Å². The Hall–Kier alpha value is -2.63. The van der Waals surface area contributed by atoms with Crippen LogP contribution in [0.2, 0.25) is 0 Å². The number of carbonyl (C=O) groups is 3. The van der Waals surface area contributed by atoms with Crippen molar-refractivity contribution in [3.8, 4) is 0 Å². The van der Waals surface area contributed by atoms with Gasteiger partial charge in [-0.05, 0) is 96.3 Å². The summed E-state index contributed by atoms with van der Waals surface area (Å²) >= 11 is 0. The molecule has 0 fully saturated rings. The molecule has 6 nitrogen and oxygen atoms in total. The second kappa shape index (κ2) is 56.0. The number of hydrogen-bond donors (Lipinski definition) is 0. The fourth-order valence-electron chi connectivity index (χ4n) is 8.41. The number of allylic oxidation sites excluding steroid dienone is 8. The molecule has 0 aliphatic heterocycles. The van der Waals surface area contributed by atoms with Crippen LogP contribution in [0.1, 0.15) is 303 Å². The molecule has 0 aliphatic rings. The minimum Gasteiger partial charge on any atom is -0.462 e. The van der Waals surface area contributed by atoms with E-state index >= 15 is 0 Å². The Balaban J connectivity index is 4.36. The highest BCUT2D eigenvalue weighted by Gasteiger charge is 2.19. The lowest BCUT2D eigenvalue weighted by atomic mass is 10.1. The predicted molar refractivity (Wildman–Crippen MR) is 289 cm³/mol. The molecule has 0 bridgehead atoms. The fourth-order valence-corrected chi connectivity index (χ4v) is 8.41. The van der Waals surface area contributed by atoms with Crippen LogP contribution < -0.4 is 0 Å². The maximum atomic E-state index is 12.8. The molecule has 1 unspecified atom stereocenters. The van der Waals surface area contributed by atoms with Crippen LogP contribution in [0.3, 0.4) is 0 Å². The number of ether oxygens (including phenoxy) is 3. The molecule has 67 heavy (non-hydrogen) atoms. The molecule has 0 N–H and O–H groups in total. The van der Waals surface area contributed by atoms with Gasteiger partial charge in [-0.15, -0.1) is 0 Å². The van der Waals surface area contributed by atoms with Crippen molar-refractivity contribution in [3.05, 3.63) is 48.6 Å². The van der Waals surface area contributed by atoms with Crippen LogP contribution in [0.4, 0.5) is 0 Å². The zero-order valence-electron chi connectivity index (χ0n) is 44.7. The molecular weight excluding hydrogens is 829 g/mol. The van der Waals surface area contributed by atoms with E-state index in [9.17, 15) is 14.4 Å². The highest BCUT2D eigenvalue weighted by atomic mass is 16.6. The minimum atomic E-state index is -0.782. The zero-order chi connectivity index (χ0) is 48.6. The van der Waals surface area contributed by atoms with E-state index in [-0.39, 0.29) is 31.1 Å². The number of carbonyl (C=O) groups excluding carboxylic acids is 3. The summed E-state index contributed by atoms with van der Waals surface area (Å²) in [5.41, 5.74) is 0. The molecule has 1 atom stereocenters. The second-order valence-corrected chi connectivity index (χ2v) is 19.5. The third-order valence-electron chi connectivity index (χ3n) is 12.8. The molecule has 0 aromatic carbocycles. The molecule has 6 heteroatoms. The largest absolute Gasteiger partial charge is 0.462 e. The highest BCUT2D eigenvalue weighted by Crippen LogP contribution is 2.16. The zero-order valence-corrected chi connectivity index (χ0v) is 44.7. The smallest absolute Gasteiger partial charge is 0.306 e. The van der Waals surface area contributed by atoms with E-state index in [2.05, 4.69) is 69.4 Å². The molecule has 0 radical (unpaired) electrons. The maximum Gasteiger partial charge on any atom is 0.306 e. The standard InChI is InChI=1S/C61H110O6/c1-4-7-10-13-16-19-22-25-28-30-31-32-34-36-39-42-45-48-51-54-60(63)66-57-58(56-65-59(62)53-50-47-44-41-38-35-27-24-21-18-15-12-9-6-3)67-61(64)55-52-49-46-43-40-37-33-29-26-23-20-17-14-11-8-5-2/h9,12,18,21,29-31,33,58H,4-8,10-11,13-17,19-20,22-28,32,34-57H2,1-3H3/b12-9-,21-18-,31-30-,33-29-. The number of rotatable bonds is 53. The van der Waals surface area contributed by atoms with Crippen LogP contribution in [0.5, 0.6) is 0 Å². The SMILES string of the molecule is CC/C=C\C/C=C\CCCCCCCCCC(=O)OCC(COC(=O)CCCCCCCCC/C=C\CCCCCCCCCC)OC(=O)CCCCCCC/C=C\CCCCCCCCC. The summed E-state index contributed by atoms with van der Waals surface area (Å²) in [4.78, 5) is 38.2. The molecule has 0 saturated carbocycles. The van der Waals surface area contributed by atoms with Gasteiger partial charge in [0.2, 0.25) is 0 Å². The maximum absolute atomic E-state index is 12.8. The Morgan fingerprint density at radius 3 is 0.910 bits per heavy atom. The van der Waals surface area contributed by atoms with Crippen LogP contribution in [0.15, 0.2) is 48.6 Å². The molecule has 0 aromatic rings. The van der Waals surface area contributed by atoms with E-state index < -0.39 is 6.10 Å². The van der Waals surface area contributed by atoms with Gasteiger partial charge in [-0.3, -0.25) is 14.4 Å². The Bertz CT molecular complexity index is 1170. The van der Waals surface area contributed by atoms with Gasteiger partial charge in [-0.25, -0.2) is 0 Å². The first-order chi connectivity index (χ1) is 33.0. The highest BCUT2D eigenvalue weighted by molar-refractivity contribution is 5.71. The summed E-state index contributed by atoms with van der Waals surface area (Å²) in [6.07, 6.45) is 68.2. The van der Waals surface area contributed by atoms with Gasteiger partial charge in [0.25, 0.3) is 0 Å². The first-order valence-corrected chi connectivity index (χ1v) is 29.1. The van der Waals surface area contributed by atoms with Crippen LogP contribution in [-0.4, -0.2) is 37.2 Å². The van der Waals surface area contributed by atoms with E-state index in [4.69, 9.17) is 14.2 Å². The minimum absolute atomic E-state index is 0.0798. The van der Waals surface area contributed by atoms with E-state index in [1.165, 1.54) is 173 Å². The van der Waals surface area contributed by atoms with Crippen molar-refractivity contribution in [2.24, 2.45) is 0 Å². The van der Waals surface area contributed by atoms with Crippen molar-refractivity contribution in [1.82, 2.24) is 0 Å². The molecule has 390 valence electrons. The van der Waals surface area contributed by atoms with Gasteiger partial charge in [0.15, 0.2) is 6.10 Å². The van der Waals surface area contributed by atoms with Crippen molar-refractivity contribution in [3.63, 3.8) is 0 Å². The van der Waals surface area contributed by atoms with E-state index in [1.54, 1.807) is 0 Å². The molecule has 0 saturated heterocycles. The normalized spacial score (nSPS) is 12.3. The molecular formula is C61H110O6. The van der Waals surface area contributed by atoms with Gasteiger partial charge in [-0.1, -0.05) is 236 Å². The number of unbranched alkanes of at least 4 members (excludes halogenated alkanes) is 34. The molecule has 0 aliphatic carbocycles. The van der Waals surface area contributed by atoms with Gasteiger partial charge in [0, 0.05) is 19.3 Å². The Morgan fingerprint density at radius 2 is 0.582 bits per heavy atom. The van der Waals surface area contributed by atoms with Crippen molar-refractivity contribution in [1.29, 1.82) is 0 Å². The first-order valence-electron chi connectivity index (χ1n) is 29.1. The van der Waals surface area contributed by atoms with Gasteiger partial charge >= 0.3 is 17.9 Å². The average Bonchev–Trinajstić information content (AvgIpc) is 3.33. The molecule has 0 rings (SSSR count). The summed E-state index contributed by atoms with van der Waals surface area (Å²) in [7, 11) is 0. The summed E-state index contributed by atoms with van der Waals surface area (Å²) in [6.45, 7) is 6.55. The Labute approximate surface area is 416 Å². The monoisotopic (exact) mass is 939 g/mol. The van der Waals surface area contributed by atoms with Crippen molar-refractivity contribution < 1.29 is 28.6 Å². The lowest BCUT2D eigenvalue weighted by Gasteiger charge is -2.18. The van der Waals surface area contributed by atoms with Crippen LogP contribution in [-0.2, 0) is 28.6 Å². The Kier molecular flexibility index (Phi) is 53.8. The molecule has 0 spiro atoms. The number of esters is 3. The second-order valence-electron chi connectivity index (χ2n) is 19.5. The van der Waals surface area contributed by atoms with Crippen molar-refractivity contribution in [2.75, 3.05) is 13.2 Å². The summed E-state index contributed by atoms with van der Waals surface area (Å²) in [6, 6.07) is 0. The average molecular weight is 940 g/mol. The number of hydrogen-bond acceptors (Lipinski definition) is 6. The van der Waals surface area contributed by atoms with E-state index in [1.807, 2.05) is 0 Å². The first kappa shape index (κ1) is 64.4. The fraction of sp³-hybridized carbons (Fsp3) is 0.820. The van der Waals surface area contributed by atoms with Gasteiger partial charge in [0.05, 0.1) is 0 Å². The van der Waals surface area contributed by atoms with Crippen LogP contribution in [0.25, 0.3) is 0 Å².